The van der Waals surface area contributed by atoms with Gasteiger partial charge >= 0.3 is 6.18 Å². The van der Waals surface area contributed by atoms with E-state index in [0.29, 0.717) is 13.0 Å². The molecular formula is C12H12F5N. The Morgan fingerprint density at radius 3 is 2.28 bits per heavy atom. The first-order valence-electron chi connectivity index (χ1n) is 5.65. The van der Waals surface area contributed by atoms with E-state index in [-0.39, 0.29) is 6.42 Å². The Morgan fingerprint density at radius 2 is 1.72 bits per heavy atom. The van der Waals surface area contributed by atoms with Crippen LogP contribution in [0.3, 0.4) is 0 Å². The number of benzene rings is 1. The van der Waals surface area contributed by atoms with Crippen molar-refractivity contribution in [2.45, 2.75) is 25.1 Å². The Hall–Kier alpha value is -1.17. The van der Waals surface area contributed by atoms with Crippen LogP contribution in [0, 0.1) is 17.6 Å². The van der Waals surface area contributed by atoms with Crippen LogP contribution in [0.25, 0.3) is 0 Å². The maximum atomic E-state index is 13.5. The minimum atomic E-state index is -4.47. The second kappa shape index (κ2) is 4.84. The predicted octanol–water partition coefficient (Wildman–Crippen LogP) is 3.57. The Labute approximate surface area is 101 Å². The van der Waals surface area contributed by atoms with E-state index in [9.17, 15) is 22.0 Å². The molecule has 0 aromatic heterocycles. The van der Waals surface area contributed by atoms with E-state index >= 15 is 0 Å². The van der Waals surface area contributed by atoms with Gasteiger partial charge in [-0.3, -0.25) is 0 Å². The molecule has 1 fully saturated rings. The van der Waals surface area contributed by atoms with Crippen LogP contribution in [0.1, 0.15) is 24.4 Å². The van der Waals surface area contributed by atoms with E-state index in [4.69, 9.17) is 0 Å². The highest BCUT2D eigenvalue weighted by Gasteiger charge is 2.47. The van der Waals surface area contributed by atoms with Crippen LogP contribution in [0.5, 0.6) is 0 Å². The number of nitrogens with one attached hydrogen (secondary N) is 1. The standard InChI is InChI=1S/C12H12F5N/c13-8-4-1-5-9(14)10(8)11-7(12(15,16)17)3-2-6-18-11/h1,4-5,7,11,18H,2-3,6H2. The third-order valence-corrected chi connectivity index (χ3v) is 3.19. The summed E-state index contributed by atoms with van der Waals surface area (Å²) in [5.74, 6) is -3.63. The lowest BCUT2D eigenvalue weighted by Gasteiger charge is -2.34. The molecule has 0 aliphatic carbocycles. The second-order valence-corrected chi connectivity index (χ2v) is 4.36. The molecule has 0 saturated carbocycles. The number of hydrogen-bond acceptors (Lipinski definition) is 1. The van der Waals surface area contributed by atoms with Gasteiger partial charge in [0.1, 0.15) is 11.6 Å². The number of piperidine rings is 1. The second-order valence-electron chi connectivity index (χ2n) is 4.36. The fourth-order valence-electron chi connectivity index (χ4n) is 2.35. The normalized spacial score (nSPS) is 25.2. The van der Waals surface area contributed by atoms with Gasteiger partial charge in [0.15, 0.2) is 0 Å². The first kappa shape index (κ1) is 13.3. The molecule has 1 aromatic carbocycles. The van der Waals surface area contributed by atoms with Gasteiger partial charge < -0.3 is 5.32 Å². The summed E-state index contributed by atoms with van der Waals surface area (Å²) in [5.41, 5.74) is -0.514. The third kappa shape index (κ3) is 2.48. The lowest BCUT2D eigenvalue weighted by atomic mass is 9.85. The zero-order chi connectivity index (χ0) is 13.3. The first-order chi connectivity index (χ1) is 8.41. The molecule has 0 spiro atoms. The van der Waals surface area contributed by atoms with Crippen LogP contribution in [0.15, 0.2) is 18.2 Å². The molecule has 2 atom stereocenters. The molecule has 1 aliphatic heterocycles. The minimum Gasteiger partial charge on any atom is -0.309 e. The van der Waals surface area contributed by atoms with E-state index in [1.165, 1.54) is 0 Å². The van der Waals surface area contributed by atoms with Crippen molar-refractivity contribution in [3.05, 3.63) is 35.4 Å². The molecule has 1 aromatic rings. The number of rotatable bonds is 1. The van der Waals surface area contributed by atoms with Gasteiger partial charge in [-0.1, -0.05) is 6.07 Å². The van der Waals surface area contributed by atoms with Gasteiger partial charge in [-0.2, -0.15) is 13.2 Å². The van der Waals surface area contributed by atoms with Crippen LogP contribution in [0.4, 0.5) is 22.0 Å². The molecule has 100 valence electrons. The van der Waals surface area contributed by atoms with Gasteiger partial charge in [-0.15, -0.1) is 0 Å². The molecule has 1 aliphatic rings. The Bertz CT molecular complexity index is 409. The summed E-state index contributed by atoms with van der Waals surface area (Å²) in [6.45, 7) is 0.324. The monoisotopic (exact) mass is 265 g/mol. The van der Waals surface area contributed by atoms with Gasteiger partial charge in [0.25, 0.3) is 0 Å². The van der Waals surface area contributed by atoms with Gasteiger partial charge in [-0.25, -0.2) is 8.78 Å². The topological polar surface area (TPSA) is 12.0 Å². The number of hydrogen-bond donors (Lipinski definition) is 1. The van der Waals surface area contributed by atoms with Crippen LogP contribution in [-0.4, -0.2) is 12.7 Å². The van der Waals surface area contributed by atoms with Gasteiger partial charge in [0.2, 0.25) is 0 Å². The molecule has 1 heterocycles. The van der Waals surface area contributed by atoms with Crippen molar-refractivity contribution in [3.63, 3.8) is 0 Å². The van der Waals surface area contributed by atoms with Gasteiger partial charge in [-0.05, 0) is 31.5 Å². The van der Waals surface area contributed by atoms with Gasteiger partial charge in [0.05, 0.1) is 5.92 Å². The van der Waals surface area contributed by atoms with E-state index in [1.54, 1.807) is 0 Å². The minimum absolute atomic E-state index is 0.116. The fourth-order valence-corrected chi connectivity index (χ4v) is 2.35. The van der Waals surface area contributed by atoms with Crippen LogP contribution < -0.4 is 5.32 Å². The van der Waals surface area contributed by atoms with Crippen molar-refractivity contribution in [1.29, 1.82) is 0 Å². The van der Waals surface area contributed by atoms with Crippen molar-refractivity contribution in [2.24, 2.45) is 5.92 Å². The average molecular weight is 265 g/mol. The zero-order valence-corrected chi connectivity index (χ0v) is 9.40. The Kier molecular flexibility index (Phi) is 3.56. The maximum Gasteiger partial charge on any atom is 0.393 e. The molecule has 2 unspecified atom stereocenters. The Morgan fingerprint density at radius 1 is 1.11 bits per heavy atom. The largest absolute Gasteiger partial charge is 0.393 e. The quantitative estimate of drug-likeness (QED) is 0.765. The summed E-state index contributed by atoms with van der Waals surface area (Å²) in [6.07, 6.45) is -4.24. The van der Waals surface area contributed by atoms with Crippen molar-refractivity contribution >= 4 is 0 Å². The zero-order valence-electron chi connectivity index (χ0n) is 9.40. The lowest BCUT2D eigenvalue weighted by Crippen LogP contribution is -2.42. The molecule has 0 amide bonds. The first-order valence-corrected chi connectivity index (χ1v) is 5.65. The summed E-state index contributed by atoms with van der Waals surface area (Å²) in [7, 11) is 0. The molecule has 1 nitrogen and oxygen atoms in total. The van der Waals surface area contributed by atoms with Crippen LogP contribution >= 0.6 is 0 Å². The molecule has 0 radical (unpaired) electrons. The van der Waals surface area contributed by atoms with E-state index in [1.807, 2.05) is 0 Å². The van der Waals surface area contributed by atoms with E-state index < -0.39 is 35.3 Å². The van der Waals surface area contributed by atoms with Crippen LogP contribution in [-0.2, 0) is 0 Å². The molecule has 1 saturated heterocycles. The molecule has 0 bridgehead atoms. The molecule has 6 heteroatoms. The molecule has 1 N–H and O–H groups in total. The highest BCUT2D eigenvalue weighted by atomic mass is 19.4. The Balaban J connectivity index is 2.40. The average Bonchev–Trinajstić information content (AvgIpc) is 2.28. The maximum absolute atomic E-state index is 13.5. The highest BCUT2D eigenvalue weighted by molar-refractivity contribution is 5.25. The summed E-state index contributed by atoms with van der Waals surface area (Å²) in [5, 5.41) is 2.57. The van der Waals surface area contributed by atoms with Crippen LogP contribution in [0.2, 0.25) is 0 Å². The van der Waals surface area contributed by atoms with Crippen molar-refractivity contribution < 1.29 is 22.0 Å². The summed E-state index contributed by atoms with van der Waals surface area (Å²) in [6, 6.07) is 1.74. The third-order valence-electron chi connectivity index (χ3n) is 3.19. The molecular weight excluding hydrogens is 253 g/mol. The number of halogens is 5. The van der Waals surface area contributed by atoms with Crippen molar-refractivity contribution in [2.75, 3.05) is 6.54 Å². The SMILES string of the molecule is Fc1cccc(F)c1C1NCCCC1C(F)(F)F. The smallest absolute Gasteiger partial charge is 0.309 e. The van der Waals surface area contributed by atoms with Gasteiger partial charge in [0, 0.05) is 11.6 Å². The van der Waals surface area contributed by atoms with Crippen molar-refractivity contribution in [3.8, 4) is 0 Å². The molecule has 18 heavy (non-hydrogen) atoms. The highest BCUT2D eigenvalue weighted by Crippen LogP contribution is 2.42. The van der Waals surface area contributed by atoms with E-state index in [2.05, 4.69) is 5.32 Å². The summed E-state index contributed by atoms with van der Waals surface area (Å²) in [4.78, 5) is 0. The summed E-state index contributed by atoms with van der Waals surface area (Å²) >= 11 is 0. The van der Waals surface area contributed by atoms with Crippen molar-refractivity contribution in [1.82, 2.24) is 5.32 Å². The number of alkyl halides is 3. The van der Waals surface area contributed by atoms with E-state index in [0.717, 1.165) is 18.2 Å². The molecule has 2 rings (SSSR count). The fraction of sp³-hybridized carbons (Fsp3) is 0.500. The lowest BCUT2D eigenvalue weighted by molar-refractivity contribution is -0.189. The summed E-state index contributed by atoms with van der Waals surface area (Å²) < 4.78 is 65.7. The predicted molar refractivity (Wildman–Crippen MR) is 55.9 cm³/mol.